The summed E-state index contributed by atoms with van der Waals surface area (Å²) in [5, 5.41) is 6.87. The molecule has 0 bridgehead atoms. The number of aromatic amines is 1. The second-order valence-electron chi connectivity index (χ2n) is 5.66. The van der Waals surface area contributed by atoms with E-state index in [9.17, 15) is 9.59 Å². The topological polar surface area (TPSA) is 80.2 Å². The monoisotopic (exact) mass is 316 g/mol. The molecule has 7 nitrogen and oxygen atoms in total. The Bertz CT molecular complexity index is 718. The van der Waals surface area contributed by atoms with E-state index in [1.54, 1.807) is 6.92 Å². The van der Waals surface area contributed by atoms with Crippen LogP contribution in [0.5, 0.6) is 0 Å². The average molecular weight is 316 g/mol. The lowest BCUT2D eigenvalue weighted by Crippen LogP contribution is -2.30. The molecule has 0 aliphatic carbocycles. The van der Waals surface area contributed by atoms with Crippen molar-refractivity contribution in [2.45, 2.75) is 19.3 Å². The summed E-state index contributed by atoms with van der Waals surface area (Å²) in [4.78, 5) is 26.3. The molecule has 0 saturated carbocycles. The van der Waals surface area contributed by atoms with Crippen LogP contribution in [-0.4, -0.2) is 51.2 Å². The number of aromatic nitrogens is 3. The SMILES string of the molecule is CCOC(=O)c1cn[nH]c1C1CCN(C(=O)c2cccn2C)C1. The van der Waals surface area contributed by atoms with Crippen LogP contribution in [-0.2, 0) is 11.8 Å². The Hall–Kier alpha value is -2.57. The van der Waals surface area contributed by atoms with Gasteiger partial charge < -0.3 is 14.2 Å². The molecule has 2 aromatic heterocycles. The quantitative estimate of drug-likeness (QED) is 0.868. The van der Waals surface area contributed by atoms with E-state index in [0.717, 1.165) is 12.1 Å². The summed E-state index contributed by atoms with van der Waals surface area (Å²) < 4.78 is 6.87. The minimum absolute atomic E-state index is 0.0113. The third-order valence-electron chi connectivity index (χ3n) is 4.21. The normalized spacial score (nSPS) is 17.5. The predicted molar refractivity (Wildman–Crippen MR) is 83.2 cm³/mol. The highest BCUT2D eigenvalue weighted by molar-refractivity contribution is 5.93. The van der Waals surface area contributed by atoms with Gasteiger partial charge in [-0.2, -0.15) is 5.10 Å². The maximum absolute atomic E-state index is 12.6. The van der Waals surface area contributed by atoms with Crippen molar-refractivity contribution in [1.82, 2.24) is 19.7 Å². The summed E-state index contributed by atoms with van der Waals surface area (Å²) in [6, 6.07) is 3.67. The molecule has 1 amide bonds. The van der Waals surface area contributed by atoms with Gasteiger partial charge >= 0.3 is 5.97 Å². The molecule has 122 valence electrons. The van der Waals surface area contributed by atoms with Gasteiger partial charge in [0.25, 0.3) is 5.91 Å². The van der Waals surface area contributed by atoms with E-state index in [1.807, 2.05) is 34.8 Å². The number of nitrogens with one attached hydrogen (secondary N) is 1. The van der Waals surface area contributed by atoms with E-state index in [0.29, 0.717) is 31.0 Å². The third kappa shape index (κ3) is 2.86. The number of likely N-dealkylation sites (tertiary alicyclic amines) is 1. The van der Waals surface area contributed by atoms with Crippen LogP contribution >= 0.6 is 0 Å². The molecule has 0 radical (unpaired) electrons. The molecular weight excluding hydrogens is 296 g/mol. The van der Waals surface area contributed by atoms with Crippen LogP contribution in [0.25, 0.3) is 0 Å². The van der Waals surface area contributed by atoms with Gasteiger partial charge in [0.1, 0.15) is 11.3 Å². The van der Waals surface area contributed by atoms with E-state index >= 15 is 0 Å². The molecule has 0 aromatic carbocycles. The summed E-state index contributed by atoms with van der Waals surface area (Å²) in [7, 11) is 1.86. The molecule has 1 atom stereocenters. The van der Waals surface area contributed by atoms with Crippen LogP contribution in [0.3, 0.4) is 0 Å². The smallest absolute Gasteiger partial charge is 0.341 e. The molecule has 3 rings (SSSR count). The van der Waals surface area contributed by atoms with Gasteiger partial charge in [-0.15, -0.1) is 0 Å². The molecule has 1 saturated heterocycles. The first kappa shape index (κ1) is 15.3. The predicted octanol–water partition coefficient (Wildman–Crippen LogP) is 1.55. The molecule has 1 N–H and O–H groups in total. The molecule has 1 unspecified atom stereocenters. The first-order valence-electron chi connectivity index (χ1n) is 7.72. The number of carbonyl (C=O) groups excluding carboxylic acids is 2. The first-order chi connectivity index (χ1) is 11.1. The maximum Gasteiger partial charge on any atom is 0.341 e. The van der Waals surface area contributed by atoms with Crippen molar-refractivity contribution in [1.29, 1.82) is 0 Å². The van der Waals surface area contributed by atoms with E-state index in [2.05, 4.69) is 10.2 Å². The van der Waals surface area contributed by atoms with E-state index < -0.39 is 0 Å². The molecule has 23 heavy (non-hydrogen) atoms. The zero-order chi connectivity index (χ0) is 16.4. The van der Waals surface area contributed by atoms with Gasteiger partial charge in [0.15, 0.2) is 0 Å². The molecule has 1 aliphatic heterocycles. The summed E-state index contributed by atoms with van der Waals surface area (Å²) in [6.07, 6.45) is 4.15. The van der Waals surface area contributed by atoms with Gasteiger partial charge in [-0.05, 0) is 25.5 Å². The lowest BCUT2D eigenvalue weighted by molar-refractivity contribution is 0.0524. The Morgan fingerprint density at radius 3 is 3.00 bits per heavy atom. The van der Waals surface area contributed by atoms with Crippen LogP contribution in [0.4, 0.5) is 0 Å². The van der Waals surface area contributed by atoms with Crippen molar-refractivity contribution in [3.05, 3.63) is 41.5 Å². The Morgan fingerprint density at radius 1 is 1.48 bits per heavy atom. The fourth-order valence-electron chi connectivity index (χ4n) is 3.00. The number of H-pyrrole nitrogens is 1. The van der Waals surface area contributed by atoms with Gasteiger partial charge in [-0.25, -0.2) is 4.79 Å². The lowest BCUT2D eigenvalue weighted by Gasteiger charge is -2.17. The van der Waals surface area contributed by atoms with Gasteiger partial charge in [-0.1, -0.05) is 0 Å². The van der Waals surface area contributed by atoms with Crippen LogP contribution < -0.4 is 0 Å². The highest BCUT2D eigenvalue weighted by atomic mass is 16.5. The van der Waals surface area contributed by atoms with Crippen molar-refractivity contribution in [3.63, 3.8) is 0 Å². The van der Waals surface area contributed by atoms with Crippen molar-refractivity contribution in [3.8, 4) is 0 Å². The number of hydrogen-bond acceptors (Lipinski definition) is 4. The molecule has 1 fully saturated rings. The Kier molecular flexibility index (Phi) is 4.18. The Labute approximate surface area is 134 Å². The molecular formula is C16H20N4O3. The number of amides is 1. The summed E-state index contributed by atoms with van der Waals surface area (Å²) in [5.41, 5.74) is 1.89. The Morgan fingerprint density at radius 2 is 2.30 bits per heavy atom. The standard InChI is InChI=1S/C16H20N4O3/c1-3-23-16(22)12-9-17-18-14(12)11-6-8-20(10-11)15(21)13-5-4-7-19(13)2/h4-5,7,9,11H,3,6,8,10H2,1-2H3,(H,17,18). The van der Waals surface area contributed by atoms with Gasteiger partial charge in [0.2, 0.25) is 0 Å². The third-order valence-corrected chi connectivity index (χ3v) is 4.21. The van der Waals surface area contributed by atoms with Crippen LogP contribution in [0, 0.1) is 0 Å². The first-order valence-corrected chi connectivity index (χ1v) is 7.72. The van der Waals surface area contributed by atoms with Gasteiger partial charge in [0, 0.05) is 32.3 Å². The van der Waals surface area contributed by atoms with E-state index in [-0.39, 0.29) is 17.8 Å². The Balaban J connectivity index is 1.73. The second-order valence-corrected chi connectivity index (χ2v) is 5.66. The van der Waals surface area contributed by atoms with Crippen LogP contribution in [0.2, 0.25) is 0 Å². The summed E-state index contributed by atoms with van der Waals surface area (Å²) >= 11 is 0. The zero-order valence-electron chi connectivity index (χ0n) is 13.3. The van der Waals surface area contributed by atoms with Crippen LogP contribution in [0.15, 0.2) is 24.5 Å². The fraction of sp³-hybridized carbons (Fsp3) is 0.438. The molecule has 3 heterocycles. The van der Waals surface area contributed by atoms with E-state index in [4.69, 9.17) is 4.74 Å². The number of aryl methyl sites for hydroxylation is 1. The number of nitrogens with zero attached hydrogens (tertiary/aromatic N) is 3. The molecule has 0 spiro atoms. The molecule has 2 aromatic rings. The number of rotatable bonds is 4. The highest BCUT2D eigenvalue weighted by Crippen LogP contribution is 2.29. The van der Waals surface area contributed by atoms with Gasteiger partial charge in [-0.3, -0.25) is 9.89 Å². The summed E-state index contributed by atoms with van der Waals surface area (Å²) in [5.74, 6) is -0.290. The van der Waals surface area contributed by atoms with Crippen molar-refractivity contribution in [2.75, 3.05) is 19.7 Å². The minimum Gasteiger partial charge on any atom is -0.462 e. The largest absolute Gasteiger partial charge is 0.462 e. The average Bonchev–Trinajstić information content (AvgIpc) is 3.26. The maximum atomic E-state index is 12.6. The fourth-order valence-corrected chi connectivity index (χ4v) is 3.00. The zero-order valence-corrected chi connectivity index (χ0v) is 13.3. The highest BCUT2D eigenvalue weighted by Gasteiger charge is 2.32. The summed E-state index contributed by atoms with van der Waals surface area (Å²) in [6.45, 7) is 3.33. The van der Waals surface area contributed by atoms with Crippen molar-refractivity contribution in [2.24, 2.45) is 7.05 Å². The van der Waals surface area contributed by atoms with Crippen LogP contribution in [0.1, 0.15) is 45.8 Å². The number of ether oxygens (including phenoxy) is 1. The lowest BCUT2D eigenvalue weighted by atomic mass is 10.0. The van der Waals surface area contributed by atoms with Gasteiger partial charge in [0.05, 0.1) is 18.5 Å². The second kappa shape index (κ2) is 6.28. The molecule has 1 aliphatic rings. The van der Waals surface area contributed by atoms with Crippen molar-refractivity contribution >= 4 is 11.9 Å². The minimum atomic E-state index is -0.372. The molecule has 7 heteroatoms. The number of carbonyl (C=O) groups is 2. The van der Waals surface area contributed by atoms with E-state index in [1.165, 1.54) is 6.20 Å². The number of esters is 1. The number of hydrogen-bond donors (Lipinski definition) is 1. The van der Waals surface area contributed by atoms with Crippen molar-refractivity contribution < 1.29 is 14.3 Å².